The molecule has 4 unspecified atom stereocenters. The van der Waals surface area contributed by atoms with Gasteiger partial charge in [0, 0.05) is 24.7 Å². The van der Waals surface area contributed by atoms with E-state index in [9.17, 15) is 33.1 Å². The zero-order valence-corrected chi connectivity index (χ0v) is 23.6. The Morgan fingerprint density at radius 1 is 1.14 bits per heavy atom. The van der Waals surface area contributed by atoms with Crippen LogP contribution in [0.2, 0.25) is 0 Å². The van der Waals surface area contributed by atoms with Crippen molar-refractivity contribution < 1.29 is 32.7 Å². The number of pyridine rings is 2. The minimum Gasteiger partial charge on any atom is -0.477 e. The number of carbonyl (C=O) groups is 3. The number of hydrogen-bond donors (Lipinski definition) is 4. The van der Waals surface area contributed by atoms with E-state index in [1.807, 2.05) is 6.92 Å². The number of nitrogens with zero attached hydrogens (tertiary/aromatic N) is 3. The molecule has 1 amide bonds. The van der Waals surface area contributed by atoms with E-state index < -0.39 is 69.9 Å². The number of ketones is 1. The van der Waals surface area contributed by atoms with Crippen LogP contribution in [0.3, 0.4) is 0 Å². The highest BCUT2D eigenvalue weighted by Gasteiger charge is 2.36. The Balaban J connectivity index is 1.73. The van der Waals surface area contributed by atoms with Gasteiger partial charge in [0.25, 0.3) is 0 Å². The number of nitrogens with one attached hydrogen (secondary N) is 1. The average Bonchev–Trinajstić information content (AvgIpc) is 3.41. The number of halogens is 3. The highest BCUT2D eigenvalue weighted by molar-refractivity contribution is 5.94. The number of fused-ring (bicyclic) bond motifs is 1. The van der Waals surface area contributed by atoms with Crippen LogP contribution >= 0.6 is 0 Å². The molecule has 0 saturated carbocycles. The summed E-state index contributed by atoms with van der Waals surface area (Å²) in [4.78, 5) is 56.4. The minimum atomic E-state index is -1.63. The van der Waals surface area contributed by atoms with Crippen LogP contribution in [0.4, 0.5) is 19.0 Å². The predicted octanol–water partition coefficient (Wildman–Crippen LogP) is 2.59. The van der Waals surface area contributed by atoms with E-state index in [1.165, 1.54) is 4.90 Å². The quantitative estimate of drug-likeness (QED) is 0.257. The third kappa shape index (κ3) is 6.25. The smallest absolute Gasteiger partial charge is 0.341 e. The van der Waals surface area contributed by atoms with Crippen molar-refractivity contribution in [2.24, 2.45) is 17.4 Å². The van der Waals surface area contributed by atoms with Crippen LogP contribution in [0.1, 0.15) is 56.3 Å². The van der Waals surface area contributed by atoms with Gasteiger partial charge in [-0.3, -0.25) is 19.0 Å². The fraction of sp³-hybridized carbons (Fsp3) is 0.414. The first-order valence-corrected chi connectivity index (χ1v) is 14.0. The molecule has 14 heteroatoms. The summed E-state index contributed by atoms with van der Waals surface area (Å²) in [6.45, 7) is 3.84. The van der Waals surface area contributed by atoms with E-state index in [0.29, 0.717) is 31.7 Å². The molecule has 1 fully saturated rings. The van der Waals surface area contributed by atoms with Gasteiger partial charge in [0.1, 0.15) is 23.4 Å². The second-order valence-electron chi connectivity index (χ2n) is 10.5. The summed E-state index contributed by atoms with van der Waals surface area (Å²) in [5.41, 5.74) is 9.74. The van der Waals surface area contributed by atoms with Crippen molar-refractivity contribution in [2.75, 3.05) is 11.4 Å². The summed E-state index contributed by atoms with van der Waals surface area (Å²) < 4.78 is 44.9. The molecule has 1 saturated heterocycles. The van der Waals surface area contributed by atoms with Gasteiger partial charge in [-0.05, 0) is 43.9 Å². The number of nitrogens with two attached hydrogens (primary N) is 2. The molecule has 3 heterocycles. The average molecular weight is 603 g/mol. The molecule has 0 spiro atoms. The molecule has 1 aromatic carbocycles. The third-order valence-corrected chi connectivity index (χ3v) is 7.65. The van der Waals surface area contributed by atoms with Gasteiger partial charge in [-0.1, -0.05) is 20.3 Å². The van der Waals surface area contributed by atoms with Crippen LogP contribution in [-0.4, -0.2) is 57.1 Å². The number of anilines is 1. The van der Waals surface area contributed by atoms with E-state index in [0.717, 1.165) is 29.0 Å². The van der Waals surface area contributed by atoms with Crippen molar-refractivity contribution in [3.05, 3.63) is 63.7 Å². The number of carbonyl (C=O) groups excluding carboxylic acids is 2. The lowest BCUT2D eigenvalue weighted by atomic mass is 9.87. The van der Waals surface area contributed by atoms with Gasteiger partial charge in [0.15, 0.2) is 23.1 Å². The molecular weight excluding hydrogens is 569 g/mol. The van der Waals surface area contributed by atoms with E-state index in [2.05, 4.69) is 10.3 Å². The molecule has 4 rings (SSSR count). The molecule has 1 aliphatic heterocycles. The second kappa shape index (κ2) is 12.9. The van der Waals surface area contributed by atoms with Crippen molar-refractivity contribution in [2.45, 2.75) is 64.2 Å². The van der Waals surface area contributed by atoms with Crippen molar-refractivity contribution in [3.8, 4) is 5.69 Å². The van der Waals surface area contributed by atoms with Gasteiger partial charge >= 0.3 is 5.97 Å². The fourth-order valence-corrected chi connectivity index (χ4v) is 5.40. The summed E-state index contributed by atoms with van der Waals surface area (Å²) in [5.74, 6) is -6.67. The zero-order chi connectivity index (χ0) is 31.6. The molecule has 11 nitrogen and oxygen atoms in total. The van der Waals surface area contributed by atoms with Crippen LogP contribution in [0.5, 0.6) is 0 Å². The standard InChI is InChI=1S/C29H33F3N6O5/c1-3-6-20(33)25(40)15(4-2)23(34)28(41)35-22-7-5-10-37(22)27-19(32)12-16-24(39)17(29(42)43)13-38(26(16)36-27)21-9-8-14(30)11-18(21)31/h8-9,11-13,15,20,22-23H,3-7,10,33-34H2,1-2H3,(H,35,41)(H,42,43). The summed E-state index contributed by atoms with van der Waals surface area (Å²) in [7, 11) is 0. The summed E-state index contributed by atoms with van der Waals surface area (Å²) in [5, 5.41) is 11.9. The lowest BCUT2D eigenvalue weighted by molar-refractivity contribution is -0.131. The molecular formula is C29H33F3N6O5. The lowest BCUT2D eigenvalue weighted by Crippen LogP contribution is -2.55. The first kappa shape index (κ1) is 31.6. The molecule has 230 valence electrons. The Bertz CT molecular complexity index is 1630. The number of rotatable bonds is 11. The van der Waals surface area contributed by atoms with E-state index in [4.69, 9.17) is 11.5 Å². The maximum absolute atomic E-state index is 15.6. The van der Waals surface area contributed by atoms with Crippen LogP contribution in [0, 0.1) is 23.4 Å². The van der Waals surface area contributed by atoms with E-state index in [-0.39, 0.29) is 35.9 Å². The van der Waals surface area contributed by atoms with E-state index >= 15 is 4.39 Å². The van der Waals surface area contributed by atoms with Gasteiger partial charge in [-0.2, -0.15) is 0 Å². The highest BCUT2D eigenvalue weighted by Crippen LogP contribution is 2.29. The minimum absolute atomic E-state index is 0.232. The monoisotopic (exact) mass is 602 g/mol. The van der Waals surface area contributed by atoms with Gasteiger partial charge in [0.2, 0.25) is 11.3 Å². The van der Waals surface area contributed by atoms with E-state index in [1.54, 1.807) is 6.92 Å². The highest BCUT2D eigenvalue weighted by atomic mass is 19.1. The zero-order valence-electron chi connectivity index (χ0n) is 23.6. The molecule has 6 N–H and O–H groups in total. The Labute approximate surface area is 244 Å². The number of amides is 1. The summed E-state index contributed by atoms with van der Waals surface area (Å²) in [6.07, 6.45) is 2.35. The number of aromatic nitrogens is 2. The molecule has 2 aromatic heterocycles. The van der Waals surface area contributed by atoms with Gasteiger partial charge in [-0.15, -0.1) is 0 Å². The summed E-state index contributed by atoms with van der Waals surface area (Å²) in [6, 6.07) is 1.38. The lowest BCUT2D eigenvalue weighted by Gasteiger charge is -2.30. The van der Waals surface area contributed by atoms with Crippen LogP contribution in [0.25, 0.3) is 16.7 Å². The molecule has 1 aliphatic rings. The van der Waals surface area contributed by atoms with Crippen LogP contribution < -0.4 is 27.1 Å². The predicted molar refractivity (Wildman–Crippen MR) is 152 cm³/mol. The third-order valence-electron chi connectivity index (χ3n) is 7.65. The molecule has 0 radical (unpaired) electrons. The summed E-state index contributed by atoms with van der Waals surface area (Å²) >= 11 is 0. The largest absolute Gasteiger partial charge is 0.477 e. The number of aromatic carboxylic acids is 1. The topological polar surface area (TPSA) is 174 Å². The number of hydrogen-bond acceptors (Lipinski definition) is 8. The number of carboxylic acids is 1. The van der Waals surface area contributed by atoms with Gasteiger partial charge in [0.05, 0.1) is 23.2 Å². The number of Topliss-reactive ketones (excluding diaryl/α,β-unsaturated/α-hetero) is 1. The number of carboxylic acid groups (broad SMARTS) is 1. The van der Waals surface area contributed by atoms with Crippen molar-refractivity contribution in [1.29, 1.82) is 0 Å². The molecule has 4 atom stereocenters. The van der Waals surface area contributed by atoms with Gasteiger partial charge < -0.3 is 26.8 Å². The fourth-order valence-electron chi connectivity index (χ4n) is 5.40. The maximum Gasteiger partial charge on any atom is 0.341 e. The Hall–Kier alpha value is -4.30. The SMILES string of the molecule is CCCC(N)C(=O)C(CC)C(N)C(=O)NC1CCCN1c1nc2c(cc1F)c(=O)c(C(=O)O)cn2-c1ccc(F)cc1F. The van der Waals surface area contributed by atoms with Crippen molar-refractivity contribution in [3.63, 3.8) is 0 Å². The normalized spacial score (nSPS) is 17.1. The van der Waals surface area contributed by atoms with Crippen molar-refractivity contribution in [1.82, 2.24) is 14.9 Å². The first-order chi connectivity index (χ1) is 20.4. The first-order valence-electron chi connectivity index (χ1n) is 14.0. The van der Waals surface area contributed by atoms with Gasteiger partial charge in [-0.25, -0.2) is 22.9 Å². The Morgan fingerprint density at radius 3 is 2.49 bits per heavy atom. The van der Waals surface area contributed by atoms with Crippen LogP contribution in [-0.2, 0) is 9.59 Å². The number of benzene rings is 1. The maximum atomic E-state index is 15.6. The molecule has 3 aromatic rings. The molecule has 0 aliphatic carbocycles. The second-order valence-corrected chi connectivity index (χ2v) is 10.5. The van der Waals surface area contributed by atoms with Crippen LogP contribution in [0.15, 0.2) is 35.3 Å². The Kier molecular flexibility index (Phi) is 9.50. The molecule has 0 bridgehead atoms. The van der Waals surface area contributed by atoms with Crippen molar-refractivity contribution >= 4 is 34.5 Å². The molecule has 43 heavy (non-hydrogen) atoms. The Morgan fingerprint density at radius 2 is 1.86 bits per heavy atom.